The lowest BCUT2D eigenvalue weighted by Crippen LogP contribution is -2.81. The first-order chi connectivity index (χ1) is 29.3. The van der Waals surface area contributed by atoms with Gasteiger partial charge in [-0.15, -0.1) is 0 Å². The van der Waals surface area contributed by atoms with Crippen LogP contribution in [0.4, 0.5) is 11.4 Å². The number of methoxy groups -OCH3 is 2. The maximum atomic E-state index is 14.5. The number of amides is 2. The molecule has 2 saturated heterocycles. The fourth-order valence-electron chi connectivity index (χ4n) is 13.2. The summed E-state index contributed by atoms with van der Waals surface area (Å²) in [6.45, 7) is 2.42. The summed E-state index contributed by atoms with van der Waals surface area (Å²) in [5.74, 6) is 2.41. The van der Waals surface area contributed by atoms with Gasteiger partial charge in [-0.2, -0.15) is 0 Å². The molecular weight excluding hydrogens is 753 g/mol. The Morgan fingerprint density at radius 1 is 0.567 bits per heavy atom. The maximum absolute atomic E-state index is 14.5. The number of para-hydroxylation sites is 2. The maximum Gasteiger partial charge on any atom is 0.259 e. The highest BCUT2D eigenvalue weighted by atomic mass is 16.5. The summed E-state index contributed by atoms with van der Waals surface area (Å²) in [4.78, 5) is 33.2. The van der Waals surface area contributed by atoms with Crippen molar-refractivity contribution in [2.24, 2.45) is 10.8 Å². The lowest BCUT2D eigenvalue weighted by molar-refractivity contribution is -0.137. The van der Waals surface area contributed by atoms with Gasteiger partial charge in [-0.1, -0.05) is 54.6 Å². The van der Waals surface area contributed by atoms with Crippen LogP contribution in [0.5, 0.6) is 23.0 Å². The number of hydrogen-bond acceptors (Lipinski definition) is 8. The lowest BCUT2D eigenvalue weighted by Gasteiger charge is -2.71. The van der Waals surface area contributed by atoms with E-state index in [9.17, 15) is 9.59 Å². The molecule has 0 aromatic heterocycles. The van der Waals surface area contributed by atoms with Gasteiger partial charge in [-0.3, -0.25) is 9.59 Å². The highest BCUT2D eigenvalue weighted by molar-refractivity contribution is 6.11. The van der Waals surface area contributed by atoms with Crippen LogP contribution < -0.4 is 39.4 Å². The van der Waals surface area contributed by atoms with E-state index in [1.54, 1.807) is 14.2 Å². The number of benzene rings is 5. The smallest absolute Gasteiger partial charge is 0.259 e. The summed E-state index contributed by atoms with van der Waals surface area (Å²) in [6, 6.07) is 33.1. The topological polar surface area (TPSA) is 102 Å². The highest BCUT2D eigenvalue weighted by Crippen LogP contribution is 2.70. The zero-order chi connectivity index (χ0) is 40.2. The van der Waals surface area contributed by atoms with Crippen molar-refractivity contribution in [3.05, 3.63) is 142 Å². The number of hydrogen-bond donors (Lipinski definition) is 2. The van der Waals surface area contributed by atoms with Gasteiger partial charge < -0.3 is 39.4 Å². The van der Waals surface area contributed by atoms with Crippen molar-refractivity contribution in [3.8, 4) is 23.0 Å². The molecule has 2 N–H and O–H groups in total. The first-order valence-corrected chi connectivity index (χ1v) is 21.5. The second kappa shape index (κ2) is 11.9. The summed E-state index contributed by atoms with van der Waals surface area (Å²) >= 11 is 0. The molecule has 2 saturated carbocycles. The summed E-state index contributed by atoms with van der Waals surface area (Å²) in [6.07, 6.45) is 5.90. The molecule has 2 amide bonds. The normalized spacial score (nSPS) is 30.2. The molecule has 8 aliphatic rings. The van der Waals surface area contributed by atoms with Gasteiger partial charge in [0.1, 0.15) is 13.2 Å². The van der Waals surface area contributed by atoms with E-state index in [0.717, 1.165) is 85.2 Å². The SMILES string of the molecule is COc1cc2c(cc1OCc1cccc(COc3cc4c(cc3OC)C(=O)N3c5ccccc5C[C@H]3C35CCC43NC5)c1)C13CCC1(CN3)[C@@H]1Cc3ccccc3N1C2=O. The van der Waals surface area contributed by atoms with Crippen LogP contribution in [-0.4, -0.2) is 51.2 Å². The number of carbonyl (C=O) groups excluding carboxylic acids is 2. The van der Waals surface area contributed by atoms with Crippen LogP contribution in [0.25, 0.3) is 0 Å². The average molecular weight is 799 g/mol. The van der Waals surface area contributed by atoms with E-state index in [0.29, 0.717) is 47.3 Å². The van der Waals surface area contributed by atoms with Crippen molar-refractivity contribution in [1.82, 2.24) is 10.6 Å². The molecule has 6 atom stereocenters. The highest BCUT2D eigenvalue weighted by Gasteiger charge is 2.75. The van der Waals surface area contributed by atoms with E-state index >= 15 is 0 Å². The summed E-state index contributed by atoms with van der Waals surface area (Å²) < 4.78 is 25.0. The predicted octanol–water partition coefficient (Wildman–Crippen LogP) is 7.19. The van der Waals surface area contributed by atoms with E-state index in [1.165, 1.54) is 11.1 Å². The number of nitrogens with zero attached hydrogens (tertiary/aromatic N) is 2. The molecule has 5 aromatic carbocycles. The van der Waals surface area contributed by atoms with Gasteiger partial charge in [0.25, 0.3) is 11.8 Å². The summed E-state index contributed by atoms with van der Waals surface area (Å²) in [5, 5.41) is 7.64. The second-order valence-electron chi connectivity index (χ2n) is 18.4. The van der Waals surface area contributed by atoms with E-state index in [4.69, 9.17) is 18.9 Å². The van der Waals surface area contributed by atoms with E-state index in [2.05, 4.69) is 87.2 Å². The van der Waals surface area contributed by atoms with Gasteiger partial charge in [-0.25, -0.2) is 0 Å². The molecule has 302 valence electrons. The number of ether oxygens (including phenoxy) is 4. The van der Waals surface area contributed by atoms with Crippen LogP contribution in [-0.2, 0) is 37.1 Å². The van der Waals surface area contributed by atoms with Crippen molar-refractivity contribution in [1.29, 1.82) is 0 Å². The Labute approximate surface area is 348 Å². The van der Waals surface area contributed by atoms with Crippen LogP contribution in [0, 0.1) is 10.8 Å². The largest absolute Gasteiger partial charge is 0.493 e. The molecule has 10 heteroatoms. The Kier molecular flexibility index (Phi) is 6.95. The minimum Gasteiger partial charge on any atom is -0.493 e. The number of fused-ring (bicyclic) bond motifs is 8. The molecule has 0 radical (unpaired) electrons. The standard InChI is InChI=1S/C50H46N4O6/c1-57-39-21-33-35(49-16-14-47(49,27-51-49)43-19-31-10-3-5-12-37(31)53(43)45(33)55)23-41(39)59-25-29-8-7-9-30(18-29)26-60-42-24-36-34(22-40(42)58-2)46(56)54-38-13-6-4-11-32(38)20-44(54)48-15-17-50(36,48)52-28-48/h3-13,18,21-24,43-44,51-52H,14-17,19-20,25-28H2,1-2H3/t43-,44-,47?,48?,49?,50?/m0/s1. The zero-order valence-electron chi connectivity index (χ0n) is 33.8. The van der Waals surface area contributed by atoms with Crippen molar-refractivity contribution in [3.63, 3.8) is 0 Å². The first-order valence-electron chi connectivity index (χ1n) is 21.5. The van der Waals surface area contributed by atoms with Crippen LogP contribution in [0.2, 0.25) is 0 Å². The third-order valence-corrected chi connectivity index (χ3v) is 16.4. The van der Waals surface area contributed by atoms with Gasteiger partial charge in [0.05, 0.1) is 37.4 Å². The number of nitrogens with one attached hydrogen (secondary N) is 2. The third kappa shape index (κ3) is 4.11. The Morgan fingerprint density at radius 2 is 1.03 bits per heavy atom. The van der Waals surface area contributed by atoms with Crippen LogP contribution >= 0.6 is 0 Å². The first kappa shape index (κ1) is 35.0. The minimum atomic E-state index is -0.262. The van der Waals surface area contributed by atoms with Crippen molar-refractivity contribution in [2.45, 2.75) is 74.9 Å². The Hall–Kier alpha value is -5.84. The molecule has 0 spiro atoms. The molecule has 60 heavy (non-hydrogen) atoms. The molecule has 4 fully saturated rings. The molecule has 6 heterocycles. The van der Waals surface area contributed by atoms with Gasteiger partial charge in [0.15, 0.2) is 23.0 Å². The van der Waals surface area contributed by atoms with E-state index < -0.39 is 0 Å². The predicted molar refractivity (Wildman–Crippen MR) is 225 cm³/mol. The molecule has 0 bridgehead atoms. The minimum absolute atomic E-state index is 0.0130. The van der Waals surface area contributed by atoms with Crippen LogP contribution in [0.1, 0.15) is 79.8 Å². The van der Waals surface area contributed by atoms with E-state index in [-0.39, 0.29) is 45.8 Å². The van der Waals surface area contributed by atoms with Gasteiger partial charge in [0, 0.05) is 46.4 Å². The molecule has 6 aliphatic heterocycles. The zero-order valence-corrected chi connectivity index (χ0v) is 33.8. The van der Waals surface area contributed by atoms with E-state index in [1.807, 2.05) is 30.3 Å². The fourth-order valence-corrected chi connectivity index (χ4v) is 13.2. The van der Waals surface area contributed by atoms with Crippen molar-refractivity contribution in [2.75, 3.05) is 37.1 Å². The van der Waals surface area contributed by atoms with Gasteiger partial charge in [-0.05, 0) is 114 Å². The second-order valence-corrected chi connectivity index (χ2v) is 18.4. The molecular formula is C50H46N4O6. The molecule has 2 aliphatic carbocycles. The Bertz CT molecular complexity index is 2530. The fraction of sp³-hybridized carbons (Fsp3) is 0.360. The van der Waals surface area contributed by atoms with Crippen LogP contribution in [0.15, 0.2) is 97.1 Å². The van der Waals surface area contributed by atoms with Gasteiger partial charge >= 0.3 is 0 Å². The average Bonchev–Trinajstić information content (AvgIpc) is 3.85. The molecule has 5 aromatic rings. The molecule has 10 nitrogen and oxygen atoms in total. The quantitative estimate of drug-likeness (QED) is 0.170. The summed E-state index contributed by atoms with van der Waals surface area (Å²) in [7, 11) is 3.27. The van der Waals surface area contributed by atoms with Crippen molar-refractivity contribution < 1.29 is 28.5 Å². The molecule has 13 rings (SSSR count). The van der Waals surface area contributed by atoms with Crippen molar-refractivity contribution >= 4 is 23.2 Å². The third-order valence-electron chi connectivity index (χ3n) is 16.4. The monoisotopic (exact) mass is 798 g/mol. The summed E-state index contributed by atoms with van der Waals surface area (Å²) in [5.41, 5.74) is 9.39. The Balaban J connectivity index is 0.775. The number of piperidine rings is 2. The number of carbonyl (C=O) groups is 2. The van der Waals surface area contributed by atoms with Crippen LogP contribution in [0.3, 0.4) is 0 Å². The van der Waals surface area contributed by atoms with Gasteiger partial charge in [0.2, 0.25) is 0 Å². The number of rotatable bonds is 8. The Morgan fingerprint density at radius 3 is 1.43 bits per heavy atom. The lowest BCUT2D eigenvalue weighted by atomic mass is 9.43. The molecule has 4 unspecified atom stereocenters. The number of anilines is 2.